The van der Waals surface area contributed by atoms with Gasteiger partial charge in [0.25, 0.3) is 5.91 Å². The zero-order valence-electron chi connectivity index (χ0n) is 13.4. The number of amidine groups is 1. The summed E-state index contributed by atoms with van der Waals surface area (Å²) < 4.78 is 0. The summed E-state index contributed by atoms with van der Waals surface area (Å²) in [4.78, 5) is 14.4. The van der Waals surface area contributed by atoms with E-state index in [0.29, 0.717) is 5.56 Å². The van der Waals surface area contributed by atoms with Crippen molar-refractivity contribution < 1.29 is 10.0 Å². The fraction of sp³-hybridized carbons (Fsp3) is 0.500. The number of nitrogens with two attached hydrogens (primary N) is 1. The molecule has 21 heavy (non-hydrogen) atoms. The van der Waals surface area contributed by atoms with Crippen molar-refractivity contribution in [1.29, 1.82) is 0 Å². The Morgan fingerprint density at radius 3 is 2.38 bits per heavy atom. The molecule has 1 aromatic rings. The summed E-state index contributed by atoms with van der Waals surface area (Å²) in [6.45, 7) is 10.1. The zero-order valence-corrected chi connectivity index (χ0v) is 13.4. The van der Waals surface area contributed by atoms with Gasteiger partial charge in [0.2, 0.25) is 0 Å². The van der Waals surface area contributed by atoms with Crippen LogP contribution in [0, 0.1) is 0 Å². The highest BCUT2D eigenvalue weighted by Crippen LogP contribution is 2.27. The molecule has 1 amide bonds. The number of amides is 1. The Balaban J connectivity index is 3.22. The van der Waals surface area contributed by atoms with Crippen LogP contribution in [0.3, 0.4) is 0 Å². The van der Waals surface area contributed by atoms with Gasteiger partial charge in [0.15, 0.2) is 5.84 Å². The lowest BCUT2D eigenvalue weighted by Gasteiger charge is -2.29. The number of hydrogen-bond donors (Lipinski definition) is 2. The fourth-order valence-electron chi connectivity index (χ4n) is 2.17. The van der Waals surface area contributed by atoms with Gasteiger partial charge in [0, 0.05) is 11.6 Å². The second-order valence-electron chi connectivity index (χ2n) is 6.41. The van der Waals surface area contributed by atoms with Crippen LogP contribution < -0.4 is 5.73 Å². The fourth-order valence-corrected chi connectivity index (χ4v) is 2.17. The highest BCUT2D eigenvalue weighted by Gasteiger charge is 2.26. The molecule has 116 valence electrons. The predicted molar refractivity (Wildman–Crippen MR) is 84.7 cm³/mol. The topological polar surface area (TPSA) is 78.9 Å². The van der Waals surface area contributed by atoms with E-state index < -0.39 is 0 Å². The SMILES string of the molecule is CC(C)N(C/C(N)=N/O)C(=O)c1ccccc1C(C)(C)C. The first-order valence-electron chi connectivity index (χ1n) is 7.05. The molecule has 0 saturated heterocycles. The van der Waals surface area contributed by atoms with E-state index in [9.17, 15) is 4.79 Å². The van der Waals surface area contributed by atoms with E-state index in [0.717, 1.165) is 5.56 Å². The van der Waals surface area contributed by atoms with Crippen molar-refractivity contribution in [3.05, 3.63) is 35.4 Å². The van der Waals surface area contributed by atoms with Crippen molar-refractivity contribution in [2.24, 2.45) is 10.9 Å². The molecule has 0 heterocycles. The van der Waals surface area contributed by atoms with E-state index >= 15 is 0 Å². The number of rotatable bonds is 4. The number of hydrogen-bond acceptors (Lipinski definition) is 3. The quantitative estimate of drug-likeness (QED) is 0.387. The Hall–Kier alpha value is -2.04. The molecule has 0 aromatic heterocycles. The van der Waals surface area contributed by atoms with Crippen LogP contribution in [0.4, 0.5) is 0 Å². The van der Waals surface area contributed by atoms with E-state index in [4.69, 9.17) is 10.9 Å². The van der Waals surface area contributed by atoms with Crippen LogP contribution in [-0.4, -0.2) is 34.4 Å². The number of carbonyl (C=O) groups excluding carboxylic acids is 1. The van der Waals surface area contributed by atoms with E-state index in [1.54, 1.807) is 4.90 Å². The van der Waals surface area contributed by atoms with Gasteiger partial charge in [0.1, 0.15) is 0 Å². The highest BCUT2D eigenvalue weighted by atomic mass is 16.4. The summed E-state index contributed by atoms with van der Waals surface area (Å²) >= 11 is 0. The lowest BCUT2D eigenvalue weighted by molar-refractivity contribution is 0.0731. The summed E-state index contributed by atoms with van der Waals surface area (Å²) in [5, 5.41) is 11.7. The molecule has 0 fully saturated rings. The van der Waals surface area contributed by atoms with Gasteiger partial charge in [0.05, 0.1) is 6.54 Å². The van der Waals surface area contributed by atoms with Crippen molar-refractivity contribution in [2.45, 2.75) is 46.1 Å². The molecular formula is C16H25N3O2. The average Bonchev–Trinajstić information content (AvgIpc) is 2.42. The molecule has 0 saturated carbocycles. The van der Waals surface area contributed by atoms with E-state index in [-0.39, 0.29) is 29.7 Å². The Morgan fingerprint density at radius 1 is 1.33 bits per heavy atom. The summed E-state index contributed by atoms with van der Waals surface area (Å²) in [5.74, 6) is -0.0904. The second kappa shape index (κ2) is 6.61. The van der Waals surface area contributed by atoms with Crippen molar-refractivity contribution >= 4 is 11.7 Å². The van der Waals surface area contributed by atoms with Gasteiger partial charge >= 0.3 is 0 Å². The van der Waals surface area contributed by atoms with Crippen molar-refractivity contribution in [3.8, 4) is 0 Å². The van der Waals surface area contributed by atoms with E-state index in [1.807, 2.05) is 38.1 Å². The Labute approximate surface area is 126 Å². The smallest absolute Gasteiger partial charge is 0.254 e. The largest absolute Gasteiger partial charge is 0.409 e. The molecule has 0 aliphatic carbocycles. The van der Waals surface area contributed by atoms with Crippen LogP contribution in [0.5, 0.6) is 0 Å². The minimum Gasteiger partial charge on any atom is -0.409 e. The molecule has 0 bridgehead atoms. The van der Waals surface area contributed by atoms with Crippen LogP contribution in [0.1, 0.15) is 50.5 Å². The van der Waals surface area contributed by atoms with Gasteiger partial charge in [-0.2, -0.15) is 0 Å². The van der Waals surface area contributed by atoms with Crippen LogP contribution in [-0.2, 0) is 5.41 Å². The third kappa shape index (κ3) is 4.21. The maximum Gasteiger partial charge on any atom is 0.254 e. The first kappa shape index (κ1) is 17.0. The molecule has 0 atom stereocenters. The van der Waals surface area contributed by atoms with Gasteiger partial charge in [-0.3, -0.25) is 4.79 Å². The molecular weight excluding hydrogens is 266 g/mol. The summed E-state index contributed by atoms with van der Waals surface area (Å²) in [7, 11) is 0. The van der Waals surface area contributed by atoms with Gasteiger partial charge < -0.3 is 15.8 Å². The minimum absolute atomic E-state index is 0.0188. The maximum absolute atomic E-state index is 12.8. The molecule has 0 aliphatic rings. The van der Waals surface area contributed by atoms with Crippen molar-refractivity contribution in [1.82, 2.24) is 4.90 Å². The molecule has 5 nitrogen and oxygen atoms in total. The predicted octanol–water partition coefficient (Wildman–Crippen LogP) is 2.58. The van der Waals surface area contributed by atoms with Crippen molar-refractivity contribution in [2.75, 3.05) is 6.54 Å². The zero-order chi connectivity index (χ0) is 16.2. The third-order valence-electron chi connectivity index (χ3n) is 3.31. The Kier molecular flexibility index (Phi) is 5.35. The van der Waals surface area contributed by atoms with Crippen LogP contribution in [0.2, 0.25) is 0 Å². The molecule has 0 radical (unpaired) electrons. The van der Waals surface area contributed by atoms with E-state index in [2.05, 4.69) is 25.9 Å². The number of oxime groups is 1. The lowest BCUT2D eigenvalue weighted by Crippen LogP contribution is -2.43. The lowest BCUT2D eigenvalue weighted by atomic mass is 9.83. The van der Waals surface area contributed by atoms with Crippen LogP contribution >= 0.6 is 0 Å². The minimum atomic E-state index is -0.133. The molecule has 1 rings (SSSR count). The van der Waals surface area contributed by atoms with Crippen LogP contribution in [0.25, 0.3) is 0 Å². The number of benzene rings is 1. The summed E-state index contributed by atoms with van der Waals surface area (Å²) in [6, 6.07) is 7.52. The second-order valence-corrected chi connectivity index (χ2v) is 6.41. The van der Waals surface area contributed by atoms with Gasteiger partial charge in [-0.1, -0.05) is 44.1 Å². The normalized spacial score (nSPS) is 12.6. The first-order chi connectivity index (χ1) is 9.68. The molecule has 0 spiro atoms. The third-order valence-corrected chi connectivity index (χ3v) is 3.31. The van der Waals surface area contributed by atoms with Crippen LogP contribution in [0.15, 0.2) is 29.4 Å². The Morgan fingerprint density at radius 2 is 1.90 bits per heavy atom. The van der Waals surface area contributed by atoms with Gasteiger partial charge in [-0.15, -0.1) is 0 Å². The van der Waals surface area contributed by atoms with Crippen molar-refractivity contribution in [3.63, 3.8) is 0 Å². The summed E-state index contributed by atoms with van der Waals surface area (Å²) in [6.07, 6.45) is 0. The number of nitrogens with zero attached hydrogens (tertiary/aromatic N) is 2. The maximum atomic E-state index is 12.8. The monoisotopic (exact) mass is 291 g/mol. The molecule has 5 heteroatoms. The highest BCUT2D eigenvalue weighted by molar-refractivity contribution is 5.98. The average molecular weight is 291 g/mol. The summed E-state index contributed by atoms with van der Waals surface area (Å²) in [5.41, 5.74) is 7.07. The molecule has 0 aliphatic heterocycles. The standard InChI is InChI=1S/C16H25N3O2/c1-11(2)19(10-14(17)18-21)15(20)12-8-6-7-9-13(12)16(3,4)5/h6-9,11,21H,10H2,1-5H3,(H2,17,18). The number of carbonyl (C=O) groups is 1. The molecule has 0 unspecified atom stereocenters. The molecule has 1 aromatic carbocycles. The Bertz CT molecular complexity index is 531. The van der Waals surface area contributed by atoms with E-state index in [1.165, 1.54) is 0 Å². The van der Waals surface area contributed by atoms with Gasteiger partial charge in [-0.25, -0.2) is 0 Å². The van der Waals surface area contributed by atoms with Gasteiger partial charge in [-0.05, 0) is 30.9 Å². The first-order valence-corrected chi connectivity index (χ1v) is 7.05. The molecule has 3 N–H and O–H groups in total.